The largest absolute Gasteiger partial charge is 0.497 e. The Morgan fingerprint density at radius 3 is 2.41 bits per heavy atom. The molecule has 0 aliphatic heterocycles. The number of hydrogen-bond donors (Lipinski definition) is 1. The Morgan fingerprint density at radius 2 is 1.79 bits per heavy atom. The van der Waals surface area contributed by atoms with Crippen molar-refractivity contribution in [3.63, 3.8) is 0 Å². The number of aromatic nitrogens is 2. The smallest absolute Gasteiger partial charge is 0.280 e. The predicted octanol–water partition coefficient (Wildman–Crippen LogP) is 4.32. The van der Waals surface area contributed by atoms with Crippen molar-refractivity contribution < 1.29 is 9.13 Å². The number of halogens is 1. The van der Waals surface area contributed by atoms with Crippen LogP contribution in [0.3, 0.4) is 0 Å². The van der Waals surface area contributed by atoms with Gasteiger partial charge in [-0.15, -0.1) is 0 Å². The molecule has 0 saturated heterocycles. The van der Waals surface area contributed by atoms with Crippen molar-refractivity contribution in [2.24, 2.45) is 4.99 Å². The van der Waals surface area contributed by atoms with Crippen LogP contribution in [0.4, 0.5) is 4.39 Å². The predicted molar refractivity (Wildman–Crippen MR) is 114 cm³/mol. The normalized spacial score (nSPS) is 11.7. The van der Waals surface area contributed by atoms with Gasteiger partial charge in [0.05, 0.1) is 18.4 Å². The number of aryl methyl sites for hydroxylation is 1. The zero-order chi connectivity index (χ0) is 20.8. The molecule has 3 aromatic rings. The Bertz CT molecular complexity index is 1030. The average molecular weight is 395 g/mol. The van der Waals surface area contributed by atoms with Gasteiger partial charge in [-0.3, -0.25) is 14.9 Å². The number of aliphatic imine (C=N–C) groups is 1. The summed E-state index contributed by atoms with van der Waals surface area (Å²) >= 11 is 0. The van der Waals surface area contributed by atoms with Gasteiger partial charge in [-0.2, -0.15) is 0 Å². The van der Waals surface area contributed by atoms with Gasteiger partial charge in [0.2, 0.25) is 0 Å². The number of hydrogen-bond acceptors (Lipinski definition) is 3. The maximum Gasteiger partial charge on any atom is 0.280 e. The van der Waals surface area contributed by atoms with Crippen LogP contribution >= 0.6 is 0 Å². The molecule has 152 valence electrons. The minimum atomic E-state index is -0.335. The quantitative estimate of drug-likeness (QED) is 0.578. The summed E-state index contributed by atoms with van der Waals surface area (Å²) in [5.41, 5.74) is 3.77. The molecule has 0 aliphatic rings. The van der Waals surface area contributed by atoms with Crippen LogP contribution < -0.4 is 10.3 Å². The highest BCUT2D eigenvalue weighted by atomic mass is 19.1. The van der Waals surface area contributed by atoms with E-state index in [4.69, 9.17) is 4.74 Å². The van der Waals surface area contributed by atoms with E-state index < -0.39 is 0 Å². The minimum absolute atomic E-state index is 0.161. The van der Waals surface area contributed by atoms with E-state index in [9.17, 15) is 9.18 Å². The van der Waals surface area contributed by atoms with E-state index in [1.165, 1.54) is 16.8 Å². The standard InChI is InChI=1S/C23H26FN3O2/c1-4-5-21-22(23(28)27(26-21)19-10-8-18(24)9-11-19)16(2)25-15-14-17-6-12-20(29-3)13-7-17/h6-13,26H,4-5,14-15H2,1-3H3. The number of H-pyrrole nitrogens is 1. The molecule has 0 atom stereocenters. The lowest BCUT2D eigenvalue weighted by molar-refractivity contribution is 0.414. The molecule has 3 rings (SSSR count). The monoisotopic (exact) mass is 395 g/mol. The molecule has 1 heterocycles. The third-order valence-corrected chi connectivity index (χ3v) is 4.82. The van der Waals surface area contributed by atoms with Crippen molar-refractivity contribution in [1.82, 2.24) is 9.78 Å². The summed E-state index contributed by atoms with van der Waals surface area (Å²) < 4.78 is 19.9. The third kappa shape index (κ3) is 4.83. The van der Waals surface area contributed by atoms with E-state index in [2.05, 4.69) is 17.0 Å². The zero-order valence-electron chi connectivity index (χ0n) is 17.0. The topological polar surface area (TPSA) is 59.4 Å². The van der Waals surface area contributed by atoms with Crippen molar-refractivity contribution in [3.8, 4) is 11.4 Å². The fourth-order valence-corrected chi connectivity index (χ4v) is 3.28. The van der Waals surface area contributed by atoms with Crippen LogP contribution in [0.5, 0.6) is 5.75 Å². The molecule has 1 N–H and O–H groups in total. The SMILES string of the molecule is CCCc1[nH]n(-c2ccc(F)cc2)c(=O)c1C(C)=NCCc1ccc(OC)cc1. The molecular formula is C23H26FN3O2. The Labute approximate surface area is 169 Å². The van der Waals surface area contributed by atoms with Crippen molar-refractivity contribution >= 4 is 5.71 Å². The Hall–Kier alpha value is -3.15. The summed E-state index contributed by atoms with van der Waals surface area (Å²) in [5, 5.41) is 3.18. The molecule has 0 radical (unpaired) electrons. The summed E-state index contributed by atoms with van der Waals surface area (Å²) in [6, 6.07) is 13.8. The van der Waals surface area contributed by atoms with Crippen LogP contribution in [0.15, 0.2) is 58.3 Å². The maximum atomic E-state index is 13.2. The van der Waals surface area contributed by atoms with E-state index in [-0.39, 0.29) is 11.4 Å². The molecule has 0 spiro atoms. The fraction of sp³-hybridized carbons (Fsp3) is 0.304. The van der Waals surface area contributed by atoms with Gasteiger partial charge in [0.25, 0.3) is 5.56 Å². The van der Waals surface area contributed by atoms with Gasteiger partial charge in [-0.1, -0.05) is 25.5 Å². The second-order valence-electron chi connectivity index (χ2n) is 6.90. The highest BCUT2D eigenvalue weighted by Gasteiger charge is 2.17. The first-order valence-electron chi connectivity index (χ1n) is 9.77. The second-order valence-corrected chi connectivity index (χ2v) is 6.90. The van der Waals surface area contributed by atoms with Gasteiger partial charge in [0.15, 0.2) is 0 Å². The summed E-state index contributed by atoms with van der Waals surface area (Å²) in [4.78, 5) is 17.7. The van der Waals surface area contributed by atoms with Gasteiger partial charge in [-0.25, -0.2) is 9.07 Å². The van der Waals surface area contributed by atoms with E-state index >= 15 is 0 Å². The van der Waals surface area contributed by atoms with Crippen molar-refractivity contribution in [1.29, 1.82) is 0 Å². The number of aromatic amines is 1. The van der Waals surface area contributed by atoms with Crippen LogP contribution in [0.1, 0.15) is 37.1 Å². The maximum absolute atomic E-state index is 13.2. The average Bonchev–Trinajstić information content (AvgIpc) is 3.05. The lowest BCUT2D eigenvalue weighted by Crippen LogP contribution is -2.20. The van der Waals surface area contributed by atoms with Crippen molar-refractivity contribution in [2.45, 2.75) is 33.1 Å². The van der Waals surface area contributed by atoms with Crippen LogP contribution in [0.25, 0.3) is 5.69 Å². The number of benzene rings is 2. The third-order valence-electron chi connectivity index (χ3n) is 4.82. The second kappa shape index (κ2) is 9.37. The van der Waals surface area contributed by atoms with Gasteiger partial charge < -0.3 is 4.74 Å². The lowest BCUT2D eigenvalue weighted by Gasteiger charge is -2.03. The van der Waals surface area contributed by atoms with Crippen LogP contribution in [-0.2, 0) is 12.8 Å². The first-order valence-corrected chi connectivity index (χ1v) is 9.77. The molecule has 0 saturated carbocycles. The van der Waals surface area contributed by atoms with E-state index in [0.29, 0.717) is 23.5 Å². The number of methoxy groups -OCH3 is 1. The van der Waals surface area contributed by atoms with Crippen molar-refractivity contribution in [3.05, 3.63) is 81.5 Å². The highest BCUT2D eigenvalue weighted by molar-refractivity contribution is 5.99. The summed E-state index contributed by atoms with van der Waals surface area (Å²) in [6.45, 7) is 4.52. The Balaban J connectivity index is 1.84. The van der Waals surface area contributed by atoms with Crippen LogP contribution in [0, 0.1) is 5.82 Å². The van der Waals surface area contributed by atoms with Gasteiger partial charge in [0.1, 0.15) is 11.6 Å². The van der Waals surface area contributed by atoms with Crippen LogP contribution in [-0.4, -0.2) is 29.1 Å². The lowest BCUT2D eigenvalue weighted by atomic mass is 10.1. The summed E-state index contributed by atoms with van der Waals surface area (Å²) in [7, 11) is 1.64. The molecule has 0 bridgehead atoms. The van der Waals surface area contributed by atoms with Gasteiger partial charge in [-0.05, 0) is 61.7 Å². The number of ether oxygens (including phenoxy) is 1. The molecular weight excluding hydrogens is 369 g/mol. The number of nitrogens with one attached hydrogen (secondary N) is 1. The van der Waals surface area contributed by atoms with E-state index in [1.807, 2.05) is 31.2 Å². The number of rotatable bonds is 8. The van der Waals surface area contributed by atoms with E-state index in [1.54, 1.807) is 19.2 Å². The molecule has 0 unspecified atom stereocenters. The highest BCUT2D eigenvalue weighted by Crippen LogP contribution is 2.13. The molecule has 0 fully saturated rings. The van der Waals surface area contributed by atoms with Gasteiger partial charge >= 0.3 is 0 Å². The zero-order valence-corrected chi connectivity index (χ0v) is 17.0. The molecule has 0 aliphatic carbocycles. The first kappa shape index (κ1) is 20.6. The first-order chi connectivity index (χ1) is 14.0. The molecule has 0 amide bonds. The molecule has 6 heteroatoms. The molecule has 2 aromatic carbocycles. The van der Waals surface area contributed by atoms with Gasteiger partial charge in [0, 0.05) is 18.0 Å². The Kier molecular flexibility index (Phi) is 6.65. The summed E-state index contributed by atoms with van der Waals surface area (Å²) in [5.74, 6) is 0.491. The van der Waals surface area contributed by atoms with E-state index in [0.717, 1.165) is 36.3 Å². The summed E-state index contributed by atoms with van der Waals surface area (Å²) in [6.07, 6.45) is 2.42. The number of nitrogens with zero attached hydrogens (tertiary/aromatic N) is 2. The molecule has 1 aromatic heterocycles. The van der Waals surface area contributed by atoms with Crippen molar-refractivity contribution in [2.75, 3.05) is 13.7 Å². The van der Waals surface area contributed by atoms with Crippen LogP contribution in [0.2, 0.25) is 0 Å². The molecule has 29 heavy (non-hydrogen) atoms. The minimum Gasteiger partial charge on any atom is -0.497 e. The molecule has 5 nitrogen and oxygen atoms in total. The fourth-order valence-electron chi connectivity index (χ4n) is 3.28. The Morgan fingerprint density at radius 1 is 1.10 bits per heavy atom.